The van der Waals surface area contributed by atoms with Crippen molar-refractivity contribution >= 4 is 15.9 Å². The highest BCUT2D eigenvalue weighted by Gasteiger charge is 2.06. The lowest BCUT2D eigenvalue weighted by Gasteiger charge is -2.04. The zero-order valence-corrected chi connectivity index (χ0v) is 9.75. The molecule has 0 heterocycles. The summed E-state index contributed by atoms with van der Waals surface area (Å²) in [4.78, 5) is 11.1. The summed E-state index contributed by atoms with van der Waals surface area (Å²) in [5.41, 5.74) is 1.04. The molecule has 1 amide bonds. The van der Waals surface area contributed by atoms with Crippen LogP contribution in [0.5, 0.6) is 0 Å². The lowest BCUT2D eigenvalue weighted by molar-refractivity contribution is -0.118. The standard InChI is InChI=1S/C10H14N2O3S/c1-16(14,15)12-10(13)8-11-7-9-5-3-2-4-6-9/h2-6,11H,7-8H2,1H3,(H,12,13). The van der Waals surface area contributed by atoms with E-state index in [2.05, 4.69) is 5.32 Å². The molecule has 88 valence electrons. The van der Waals surface area contributed by atoms with Gasteiger partial charge in [0.05, 0.1) is 12.8 Å². The smallest absolute Gasteiger partial charge is 0.247 e. The number of benzene rings is 1. The fraction of sp³-hybridized carbons (Fsp3) is 0.300. The number of amides is 1. The lowest BCUT2D eigenvalue weighted by Crippen LogP contribution is -2.36. The van der Waals surface area contributed by atoms with Gasteiger partial charge in [0.1, 0.15) is 0 Å². The van der Waals surface area contributed by atoms with Crippen molar-refractivity contribution in [2.24, 2.45) is 0 Å². The normalized spacial score (nSPS) is 11.1. The van der Waals surface area contributed by atoms with E-state index >= 15 is 0 Å². The molecule has 0 aromatic heterocycles. The monoisotopic (exact) mass is 242 g/mol. The third-order valence-corrected chi connectivity index (χ3v) is 2.36. The summed E-state index contributed by atoms with van der Waals surface area (Å²) < 4.78 is 23.3. The minimum atomic E-state index is -3.46. The zero-order chi connectivity index (χ0) is 12.0. The Balaban J connectivity index is 2.29. The average molecular weight is 242 g/mol. The van der Waals surface area contributed by atoms with Crippen LogP contribution >= 0.6 is 0 Å². The molecule has 0 bridgehead atoms. The van der Waals surface area contributed by atoms with Gasteiger partial charge in [-0.15, -0.1) is 0 Å². The molecule has 5 nitrogen and oxygen atoms in total. The number of carbonyl (C=O) groups excluding carboxylic acids is 1. The molecule has 16 heavy (non-hydrogen) atoms. The molecule has 2 N–H and O–H groups in total. The molecule has 1 rings (SSSR count). The van der Waals surface area contributed by atoms with Crippen LogP contribution in [0.2, 0.25) is 0 Å². The summed E-state index contributed by atoms with van der Waals surface area (Å²) in [6.07, 6.45) is 0.947. The topological polar surface area (TPSA) is 75.3 Å². The van der Waals surface area contributed by atoms with E-state index in [0.29, 0.717) is 6.54 Å². The second-order valence-electron chi connectivity index (χ2n) is 3.39. The molecule has 0 saturated carbocycles. The molecule has 0 spiro atoms. The molecule has 0 radical (unpaired) electrons. The van der Waals surface area contributed by atoms with Gasteiger partial charge < -0.3 is 5.32 Å². The van der Waals surface area contributed by atoms with Gasteiger partial charge in [-0.25, -0.2) is 8.42 Å². The number of carbonyl (C=O) groups is 1. The van der Waals surface area contributed by atoms with Crippen LogP contribution in [0.4, 0.5) is 0 Å². The predicted molar refractivity (Wildman–Crippen MR) is 61.1 cm³/mol. The first kappa shape index (κ1) is 12.7. The molecule has 0 saturated heterocycles. The van der Waals surface area contributed by atoms with Crippen LogP contribution in [0.1, 0.15) is 5.56 Å². The van der Waals surface area contributed by atoms with Crippen LogP contribution in [-0.4, -0.2) is 27.1 Å². The Labute approximate surface area is 94.9 Å². The third-order valence-electron chi connectivity index (χ3n) is 1.76. The van der Waals surface area contributed by atoms with E-state index in [4.69, 9.17) is 0 Å². The van der Waals surface area contributed by atoms with Gasteiger partial charge in [-0.1, -0.05) is 30.3 Å². The number of hydrogen-bond donors (Lipinski definition) is 2. The Kier molecular flexibility index (Phi) is 4.45. The highest BCUT2D eigenvalue weighted by Crippen LogP contribution is 1.96. The van der Waals surface area contributed by atoms with Crippen LogP contribution in [0.25, 0.3) is 0 Å². The van der Waals surface area contributed by atoms with E-state index in [0.717, 1.165) is 11.8 Å². The van der Waals surface area contributed by atoms with E-state index in [1.807, 2.05) is 35.1 Å². The van der Waals surface area contributed by atoms with Gasteiger partial charge in [0.2, 0.25) is 15.9 Å². The Morgan fingerprint density at radius 3 is 2.44 bits per heavy atom. The summed E-state index contributed by atoms with van der Waals surface area (Å²) in [6.45, 7) is 0.500. The average Bonchev–Trinajstić information content (AvgIpc) is 2.16. The van der Waals surface area contributed by atoms with Crippen LogP contribution in [0.15, 0.2) is 30.3 Å². The third kappa shape index (κ3) is 5.47. The Morgan fingerprint density at radius 2 is 1.88 bits per heavy atom. The summed E-state index contributed by atoms with van der Waals surface area (Å²) in [7, 11) is -3.46. The molecule has 1 aromatic carbocycles. The van der Waals surface area contributed by atoms with Crippen LogP contribution in [0, 0.1) is 0 Å². The van der Waals surface area contributed by atoms with Crippen molar-refractivity contribution in [3.05, 3.63) is 35.9 Å². The zero-order valence-electron chi connectivity index (χ0n) is 8.93. The van der Waals surface area contributed by atoms with Crippen LogP contribution < -0.4 is 10.0 Å². The molecule has 0 aliphatic heterocycles. The molecule has 6 heteroatoms. The number of rotatable bonds is 5. The number of sulfonamides is 1. The van der Waals surface area contributed by atoms with Crippen molar-refractivity contribution in [3.63, 3.8) is 0 Å². The van der Waals surface area contributed by atoms with Gasteiger partial charge >= 0.3 is 0 Å². The number of nitrogens with one attached hydrogen (secondary N) is 2. The van der Waals surface area contributed by atoms with Gasteiger partial charge in [0.15, 0.2) is 0 Å². The van der Waals surface area contributed by atoms with Crippen LogP contribution in [-0.2, 0) is 21.4 Å². The first-order valence-electron chi connectivity index (χ1n) is 4.72. The summed E-state index contributed by atoms with van der Waals surface area (Å²) in [5, 5.41) is 2.85. The molecule has 1 aromatic rings. The first-order chi connectivity index (χ1) is 7.47. The molecular weight excluding hydrogens is 228 g/mol. The SMILES string of the molecule is CS(=O)(=O)NC(=O)CNCc1ccccc1. The van der Waals surface area contributed by atoms with E-state index in [9.17, 15) is 13.2 Å². The summed E-state index contributed by atoms with van der Waals surface area (Å²) in [5.74, 6) is -0.557. The second kappa shape index (κ2) is 5.62. The molecule has 0 atom stereocenters. The van der Waals surface area contributed by atoms with Gasteiger partial charge in [-0.05, 0) is 5.56 Å². The summed E-state index contributed by atoms with van der Waals surface area (Å²) >= 11 is 0. The van der Waals surface area contributed by atoms with Crippen molar-refractivity contribution in [1.29, 1.82) is 0 Å². The Morgan fingerprint density at radius 1 is 1.25 bits per heavy atom. The quantitative estimate of drug-likeness (QED) is 0.753. The fourth-order valence-corrected chi connectivity index (χ4v) is 1.64. The summed E-state index contributed by atoms with van der Waals surface area (Å²) in [6, 6.07) is 9.53. The highest BCUT2D eigenvalue weighted by molar-refractivity contribution is 7.89. The van der Waals surface area contributed by atoms with Crippen molar-refractivity contribution in [1.82, 2.24) is 10.0 Å². The van der Waals surface area contributed by atoms with E-state index in [-0.39, 0.29) is 6.54 Å². The first-order valence-corrected chi connectivity index (χ1v) is 6.62. The Hall–Kier alpha value is -1.40. The second-order valence-corrected chi connectivity index (χ2v) is 5.14. The van der Waals surface area contributed by atoms with Crippen molar-refractivity contribution in [2.45, 2.75) is 6.54 Å². The highest BCUT2D eigenvalue weighted by atomic mass is 32.2. The van der Waals surface area contributed by atoms with Crippen LogP contribution in [0.3, 0.4) is 0 Å². The maximum absolute atomic E-state index is 11.1. The van der Waals surface area contributed by atoms with E-state index < -0.39 is 15.9 Å². The minimum Gasteiger partial charge on any atom is -0.304 e. The minimum absolute atomic E-state index is 0.0258. The molecule has 0 fully saturated rings. The van der Waals surface area contributed by atoms with E-state index in [1.54, 1.807) is 0 Å². The maximum atomic E-state index is 11.1. The molecule has 0 unspecified atom stereocenters. The van der Waals surface area contributed by atoms with Gasteiger partial charge in [-0.2, -0.15) is 0 Å². The van der Waals surface area contributed by atoms with Gasteiger partial charge in [-0.3, -0.25) is 9.52 Å². The largest absolute Gasteiger partial charge is 0.304 e. The predicted octanol–water partition coefficient (Wildman–Crippen LogP) is -0.148. The molecular formula is C10H14N2O3S. The van der Waals surface area contributed by atoms with Crippen molar-refractivity contribution in [2.75, 3.05) is 12.8 Å². The number of hydrogen-bond acceptors (Lipinski definition) is 4. The maximum Gasteiger partial charge on any atom is 0.247 e. The van der Waals surface area contributed by atoms with Gasteiger partial charge in [0.25, 0.3) is 0 Å². The lowest BCUT2D eigenvalue weighted by atomic mass is 10.2. The fourth-order valence-electron chi connectivity index (χ4n) is 1.16. The van der Waals surface area contributed by atoms with Crippen molar-refractivity contribution in [3.8, 4) is 0 Å². The van der Waals surface area contributed by atoms with Crippen molar-refractivity contribution < 1.29 is 13.2 Å². The van der Waals surface area contributed by atoms with E-state index in [1.165, 1.54) is 0 Å². The van der Waals surface area contributed by atoms with Gasteiger partial charge in [0, 0.05) is 6.54 Å². The molecule has 0 aliphatic rings. The molecule has 0 aliphatic carbocycles. The Bertz CT molecular complexity index is 442.